The van der Waals surface area contributed by atoms with E-state index in [9.17, 15) is 9.90 Å². The van der Waals surface area contributed by atoms with E-state index in [2.05, 4.69) is 11.9 Å². The van der Waals surface area contributed by atoms with Gasteiger partial charge in [0.05, 0.1) is 25.3 Å². The standard InChI is InChI=1S/C16H22N2O4/c1-5-6-7-15-17-11-8-13(21-3)14(22-4)9-12(11)18(15)10(2)16(19)20/h8-10H,5-7H2,1-4H3,(H,19,20). The SMILES string of the molecule is CCCCc1nc2cc(OC)c(OC)cc2n1C(C)C(=O)O. The van der Waals surface area contributed by atoms with Gasteiger partial charge in [0.15, 0.2) is 11.5 Å². The zero-order chi connectivity index (χ0) is 16.3. The highest BCUT2D eigenvalue weighted by molar-refractivity contribution is 5.83. The highest BCUT2D eigenvalue weighted by Crippen LogP contribution is 2.34. The maximum atomic E-state index is 11.4. The Morgan fingerprint density at radius 1 is 1.32 bits per heavy atom. The van der Waals surface area contributed by atoms with Crippen LogP contribution in [0.1, 0.15) is 38.6 Å². The third-order valence-corrected chi connectivity index (χ3v) is 3.77. The van der Waals surface area contributed by atoms with Gasteiger partial charge in [-0.15, -0.1) is 0 Å². The number of hydrogen-bond donors (Lipinski definition) is 1. The quantitative estimate of drug-likeness (QED) is 0.851. The number of carbonyl (C=O) groups is 1. The van der Waals surface area contributed by atoms with Crippen LogP contribution >= 0.6 is 0 Å². The Hall–Kier alpha value is -2.24. The second-order valence-corrected chi connectivity index (χ2v) is 5.21. The van der Waals surface area contributed by atoms with Crippen LogP contribution in [0.3, 0.4) is 0 Å². The van der Waals surface area contributed by atoms with E-state index in [1.54, 1.807) is 37.8 Å². The molecule has 6 nitrogen and oxygen atoms in total. The number of unbranched alkanes of at least 4 members (excludes halogenated alkanes) is 1. The first kappa shape index (κ1) is 16.1. The number of hydrogen-bond acceptors (Lipinski definition) is 4. The number of aliphatic carboxylic acids is 1. The summed E-state index contributed by atoms with van der Waals surface area (Å²) in [6.45, 7) is 3.76. The van der Waals surface area contributed by atoms with Crippen molar-refractivity contribution >= 4 is 17.0 Å². The first-order chi connectivity index (χ1) is 10.5. The lowest BCUT2D eigenvalue weighted by atomic mass is 10.2. The average molecular weight is 306 g/mol. The van der Waals surface area contributed by atoms with E-state index >= 15 is 0 Å². The highest BCUT2D eigenvalue weighted by atomic mass is 16.5. The number of carboxylic acid groups (broad SMARTS) is 1. The molecular formula is C16H22N2O4. The summed E-state index contributed by atoms with van der Waals surface area (Å²) in [6, 6.07) is 2.89. The van der Waals surface area contributed by atoms with Crippen LogP contribution in [0.25, 0.3) is 11.0 Å². The Balaban J connectivity index is 2.66. The molecule has 0 bridgehead atoms. The van der Waals surface area contributed by atoms with Crippen LogP contribution in [0.5, 0.6) is 11.5 Å². The molecule has 0 aliphatic heterocycles. The molecule has 1 aromatic heterocycles. The molecule has 120 valence electrons. The number of carboxylic acids is 1. The molecular weight excluding hydrogens is 284 g/mol. The lowest BCUT2D eigenvalue weighted by molar-refractivity contribution is -0.140. The third kappa shape index (κ3) is 2.86. The summed E-state index contributed by atoms with van der Waals surface area (Å²) in [4.78, 5) is 16.0. The molecule has 22 heavy (non-hydrogen) atoms. The van der Waals surface area contributed by atoms with Crippen LogP contribution in [0.2, 0.25) is 0 Å². The van der Waals surface area contributed by atoms with E-state index < -0.39 is 12.0 Å². The molecule has 2 aromatic rings. The molecule has 0 amide bonds. The van der Waals surface area contributed by atoms with Crippen LogP contribution in [-0.2, 0) is 11.2 Å². The van der Waals surface area contributed by atoms with Crippen LogP contribution in [0.4, 0.5) is 0 Å². The van der Waals surface area contributed by atoms with Gasteiger partial charge in [0.1, 0.15) is 11.9 Å². The lowest BCUT2D eigenvalue weighted by Gasteiger charge is -2.14. The number of aromatic nitrogens is 2. The number of methoxy groups -OCH3 is 2. The Bertz CT molecular complexity index is 678. The molecule has 0 saturated carbocycles. The average Bonchev–Trinajstić information content (AvgIpc) is 2.87. The van der Waals surface area contributed by atoms with Gasteiger partial charge in [-0.25, -0.2) is 9.78 Å². The smallest absolute Gasteiger partial charge is 0.326 e. The largest absolute Gasteiger partial charge is 0.493 e. The van der Waals surface area contributed by atoms with Crippen molar-refractivity contribution in [3.63, 3.8) is 0 Å². The van der Waals surface area contributed by atoms with Gasteiger partial charge in [-0.1, -0.05) is 13.3 Å². The summed E-state index contributed by atoms with van der Waals surface area (Å²) in [5.41, 5.74) is 1.47. The number of imidazole rings is 1. The number of rotatable bonds is 7. The first-order valence-corrected chi connectivity index (χ1v) is 7.39. The predicted molar refractivity (Wildman–Crippen MR) is 83.8 cm³/mol. The Kier molecular flexibility index (Phi) is 4.90. The Morgan fingerprint density at radius 2 is 1.95 bits per heavy atom. The van der Waals surface area contributed by atoms with Crippen molar-refractivity contribution in [1.29, 1.82) is 0 Å². The Labute approximate surface area is 129 Å². The predicted octanol–water partition coefficient (Wildman–Crippen LogP) is 3.04. The van der Waals surface area contributed by atoms with Gasteiger partial charge in [0.25, 0.3) is 0 Å². The molecule has 0 radical (unpaired) electrons. The first-order valence-electron chi connectivity index (χ1n) is 7.39. The fraction of sp³-hybridized carbons (Fsp3) is 0.500. The van der Waals surface area contributed by atoms with E-state index in [-0.39, 0.29) is 0 Å². The number of benzene rings is 1. The zero-order valence-electron chi connectivity index (χ0n) is 13.4. The monoisotopic (exact) mass is 306 g/mol. The van der Waals surface area contributed by atoms with Crippen LogP contribution in [-0.4, -0.2) is 34.8 Å². The zero-order valence-corrected chi connectivity index (χ0v) is 13.4. The van der Waals surface area contributed by atoms with Gasteiger partial charge in [0.2, 0.25) is 0 Å². The maximum absolute atomic E-state index is 11.4. The minimum absolute atomic E-state index is 0.566. The fourth-order valence-electron chi connectivity index (χ4n) is 2.53. The minimum atomic E-state index is -0.883. The van der Waals surface area contributed by atoms with Gasteiger partial charge >= 0.3 is 5.97 Å². The van der Waals surface area contributed by atoms with Gasteiger partial charge < -0.3 is 19.1 Å². The molecule has 0 aliphatic carbocycles. The number of fused-ring (bicyclic) bond motifs is 1. The van der Waals surface area contributed by atoms with E-state index in [0.29, 0.717) is 11.5 Å². The maximum Gasteiger partial charge on any atom is 0.326 e. The van der Waals surface area contributed by atoms with E-state index in [4.69, 9.17) is 9.47 Å². The third-order valence-electron chi connectivity index (χ3n) is 3.77. The summed E-state index contributed by atoms with van der Waals surface area (Å²) in [7, 11) is 3.13. The molecule has 1 aromatic carbocycles. The molecule has 1 unspecified atom stereocenters. The molecule has 1 heterocycles. The fourth-order valence-corrected chi connectivity index (χ4v) is 2.53. The summed E-state index contributed by atoms with van der Waals surface area (Å²) < 4.78 is 12.4. The van der Waals surface area contributed by atoms with Gasteiger partial charge in [-0.3, -0.25) is 0 Å². The minimum Gasteiger partial charge on any atom is -0.493 e. The number of nitrogens with zero attached hydrogens (tertiary/aromatic N) is 2. The second kappa shape index (κ2) is 6.68. The summed E-state index contributed by atoms with van der Waals surface area (Å²) >= 11 is 0. The van der Waals surface area contributed by atoms with Crippen LogP contribution < -0.4 is 9.47 Å². The number of aryl methyl sites for hydroxylation is 1. The molecule has 2 rings (SSSR count). The number of ether oxygens (including phenoxy) is 2. The van der Waals surface area contributed by atoms with E-state index in [0.717, 1.165) is 36.1 Å². The Morgan fingerprint density at radius 3 is 2.50 bits per heavy atom. The highest BCUT2D eigenvalue weighted by Gasteiger charge is 2.22. The van der Waals surface area contributed by atoms with Crippen molar-refractivity contribution in [3.05, 3.63) is 18.0 Å². The summed E-state index contributed by atoms with van der Waals surface area (Å²) in [5.74, 6) is 1.05. The van der Waals surface area contributed by atoms with Crippen molar-refractivity contribution in [2.24, 2.45) is 0 Å². The lowest BCUT2D eigenvalue weighted by Crippen LogP contribution is -2.18. The molecule has 6 heteroatoms. The van der Waals surface area contributed by atoms with E-state index in [1.165, 1.54) is 0 Å². The molecule has 1 N–H and O–H groups in total. The van der Waals surface area contributed by atoms with Crippen LogP contribution in [0.15, 0.2) is 12.1 Å². The van der Waals surface area contributed by atoms with Gasteiger partial charge in [-0.2, -0.15) is 0 Å². The molecule has 0 spiro atoms. The molecule has 1 atom stereocenters. The molecule has 0 saturated heterocycles. The van der Waals surface area contributed by atoms with Crippen molar-refractivity contribution < 1.29 is 19.4 Å². The summed E-state index contributed by atoms with van der Waals surface area (Å²) in [5, 5.41) is 9.39. The van der Waals surface area contributed by atoms with E-state index in [1.807, 2.05) is 0 Å². The van der Waals surface area contributed by atoms with Crippen LogP contribution in [0, 0.1) is 0 Å². The van der Waals surface area contributed by atoms with Gasteiger partial charge in [-0.05, 0) is 13.3 Å². The molecule has 0 aliphatic rings. The van der Waals surface area contributed by atoms with Crippen molar-refractivity contribution in [2.45, 2.75) is 39.2 Å². The van der Waals surface area contributed by atoms with Crippen molar-refractivity contribution in [1.82, 2.24) is 9.55 Å². The normalized spacial score (nSPS) is 12.4. The van der Waals surface area contributed by atoms with Crippen molar-refractivity contribution in [2.75, 3.05) is 14.2 Å². The second-order valence-electron chi connectivity index (χ2n) is 5.21. The topological polar surface area (TPSA) is 73.6 Å². The summed E-state index contributed by atoms with van der Waals surface area (Å²) in [6.07, 6.45) is 2.73. The van der Waals surface area contributed by atoms with Crippen molar-refractivity contribution in [3.8, 4) is 11.5 Å². The van der Waals surface area contributed by atoms with Gasteiger partial charge in [0, 0.05) is 18.6 Å². The molecule has 0 fully saturated rings.